The topological polar surface area (TPSA) is 63.3 Å². The number of rotatable bonds is 2. The van der Waals surface area contributed by atoms with Gasteiger partial charge in [0, 0.05) is 17.7 Å². The molecule has 1 unspecified atom stereocenters. The highest BCUT2D eigenvalue weighted by atomic mass is 32.8. The minimum Gasteiger partial charge on any atom is -0.329 e. The third-order valence-corrected chi connectivity index (χ3v) is 1.63. The highest BCUT2D eigenvalue weighted by Gasteiger charge is 1.93. The highest BCUT2D eigenvalue weighted by molar-refractivity contribution is 8.29. The van der Waals surface area contributed by atoms with Gasteiger partial charge in [-0.2, -0.15) is 0 Å². The van der Waals surface area contributed by atoms with E-state index in [1.165, 1.54) is 0 Å². The van der Waals surface area contributed by atoms with Crippen LogP contribution in [0.3, 0.4) is 0 Å². The van der Waals surface area contributed by atoms with Crippen LogP contribution in [0.25, 0.3) is 0 Å². The van der Waals surface area contributed by atoms with Gasteiger partial charge in [0.1, 0.15) is 8.77 Å². The van der Waals surface area contributed by atoms with Crippen molar-refractivity contribution in [2.75, 3.05) is 12.3 Å². The predicted molar refractivity (Wildman–Crippen MR) is 32.1 cm³/mol. The van der Waals surface area contributed by atoms with Gasteiger partial charge in [0.05, 0.1) is 5.75 Å². The monoisotopic (exact) mass is 141 g/mol. The fourth-order valence-electron chi connectivity index (χ4n) is 0.149. The quantitative estimate of drug-likeness (QED) is 0.526. The Balaban J connectivity index is 3.60. The fourth-order valence-corrected chi connectivity index (χ4v) is 0.735. The van der Waals surface area contributed by atoms with Crippen LogP contribution in [0.2, 0.25) is 0 Å². The van der Waals surface area contributed by atoms with E-state index in [2.05, 4.69) is 11.2 Å². The average Bonchev–Trinajstić information content (AvgIpc) is 1.30. The number of hydrogen-bond acceptors (Lipinski definition) is 3. The molecule has 0 heterocycles. The van der Waals surface area contributed by atoms with Gasteiger partial charge in [-0.3, -0.25) is 0 Å². The summed E-state index contributed by atoms with van der Waals surface area (Å²) in [4.78, 5) is 0. The second kappa shape index (κ2) is 2.56. The summed E-state index contributed by atoms with van der Waals surface area (Å²) in [6, 6.07) is 0. The van der Waals surface area contributed by atoms with Crippen molar-refractivity contribution in [2.24, 2.45) is 5.73 Å². The van der Waals surface area contributed by atoms with E-state index in [0.29, 0.717) is 0 Å². The van der Waals surface area contributed by atoms with Crippen LogP contribution in [-0.2, 0) is 20.0 Å². The molecule has 0 aliphatic rings. The molecule has 0 amide bonds. The summed E-state index contributed by atoms with van der Waals surface area (Å²) >= 11 is 4.09. The summed E-state index contributed by atoms with van der Waals surface area (Å²) in [5.41, 5.74) is 4.91. The maximum Gasteiger partial charge on any atom is 0.142 e. The van der Waals surface area contributed by atoms with Gasteiger partial charge in [0.25, 0.3) is 0 Å². The molecule has 0 spiro atoms. The van der Waals surface area contributed by atoms with E-state index in [0.717, 1.165) is 0 Å². The molecule has 0 fully saturated rings. The van der Waals surface area contributed by atoms with Gasteiger partial charge >= 0.3 is 0 Å². The van der Waals surface area contributed by atoms with E-state index < -0.39 is 8.77 Å². The van der Waals surface area contributed by atoms with E-state index in [9.17, 15) is 4.21 Å². The number of nitrogens with two attached hydrogens (primary N) is 1. The van der Waals surface area contributed by atoms with Crippen LogP contribution in [0.4, 0.5) is 0 Å². The molecule has 0 rings (SSSR count). The lowest BCUT2D eigenvalue weighted by molar-refractivity contribution is 0.561. The Kier molecular flexibility index (Phi) is 2.67. The largest absolute Gasteiger partial charge is 0.329 e. The molecule has 7 heavy (non-hydrogen) atoms. The van der Waals surface area contributed by atoms with Crippen molar-refractivity contribution in [2.45, 2.75) is 0 Å². The summed E-state index contributed by atoms with van der Waals surface area (Å²) in [6.45, 7) is 0.179. The summed E-state index contributed by atoms with van der Waals surface area (Å²) in [5, 5.41) is 0. The Bertz CT molecular complexity index is 127. The molecule has 0 aromatic heterocycles. The lowest BCUT2D eigenvalue weighted by Gasteiger charge is -1.90. The zero-order valence-corrected chi connectivity index (χ0v) is 5.30. The summed E-state index contributed by atoms with van der Waals surface area (Å²) < 4.78 is 18.4. The Morgan fingerprint density at radius 2 is 2.29 bits per heavy atom. The van der Waals surface area contributed by atoms with Crippen molar-refractivity contribution in [3.05, 3.63) is 0 Å². The molecular formula is C2H7NO2S2. The molecule has 0 saturated heterocycles. The number of hydrogen-bond donors (Lipinski definition) is 2. The van der Waals surface area contributed by atoms with Crippen molar-refractivity contribution in [3.8, 4) is 0 Å². The zero-order valence-electron chi connectivity index (χ0n) is 3.66. The first-order valence-corrected chi connectivity index (χ1v) is 4.32. The van der Waals surface area contributed by atoms with Gasteiger partial charge in [-0.1, -0.05) is 0 Å². The van der Waals surface area contributed by atoms with Gasteiger partial charge in [-0.15, -0.1) is 0 Å². The highest BCUT2D eigenvalue weighted by Crippen LogP contribution is 1.76. The van der Waals surface area contributed by atoms with Crippen LogP contribution < -0.4 is 5.73 Å². The van der Waals surface area contributed by atoms with E-state index >= 15 is 0 Å². The van der Waals surface area contributed by atoms with Crippen molar-refractivity contribution in [1.82, 2.24) is 0 Å². The summed E-state index contributed by atoms with van der Waals surface area (Å²) in [5.74, 6) is 0.0162. The Labute approximate surface area is 47.4 Å². The van der Waals surface area contributed by atoms with Gasteiger partial charge in [-0.05, 0) is 0 Å². The molecular weight excluding hydrogens is 134 g/mol. The molecule has 1 atom stereocenters. The summed E-state index contributed by atoms with van der Waals surface area (Å²) in [7, 11) is -2.97. The lowest BCUT2D eigenvalue weighted by Crippen LogP contribution is -2.12. The maximum atomic E-state index is 10.1. The van der Waals surface area contributed by atoms with Crippen molar-refractivity contribution < 1.29 is 8.76 Å². The van der Waals surface area contributed by atoms with Crippen LogP contribution in [0.15, 0.2) is 0 Å². The normalized spacial score (nSPS) is 18.6. The standard InChI is InChI=1S/C2H7NO2S2/c3-1-2-7(4,5)6/h1-3H2,(H,4,5,6). The second-order valence-electron chi connectivity index (χ2n) is 1.07. The average molecular weight is 141 g/mol. The molecule has 0 saturated carbocycles. The molecule has 0 aromatic rings. The van der Waals surface area contributed by atoms with Gasteiger partial charge in [-0.25, -0.2) is 4.21 Å². The van der Waals surface area contributed by atoms with E-state index in [4.69, 9.17) is 10.3 Å². The van der Waals surface area contributed by atoms with E-state index in [-0.39, 0.29) is 12.3 Å². The third kappa shape index (κ3) is 6.29. The van der Waals surface area contributed by atoms with Crippen LogP contribution in [-0.4, -0.2) is 21.1 Å². The Morgan fingerprint density at radius 3 is 2.29 bits per heavy atom. The first kappa shape index (κ1) is 7.29. The predicted octanol–water partition coefficient (Wildman–Crippen LogP) is -0.836. The minimum atomic E-state index is -2.97. The fraction of sp³-hybridized carbons (Fsp3) is 1.00. The molecule has 5 heteroatoms. The second-order valence-corrected chi connectivity index (χ2v) is 4.21. The third-order valence-electron chi connectivity index (χ3n) is 0.376. The maximum absolute atomic E-state index is 10.1. The van der Waals surface area contributed by atoms with Crippen LogP contribution in [0.5, 0.6) is 0 Å². The van der Waals surface area contributed by atoms with Crippen LogP contribution in [0.1, 0.15) is 0 Å². The van der Waals surface area contributed by atoms with Crippen molar-refractivity contribution >= 4 is 20.0 Å². The molecule has 0 bridgehead atoms. The molecule has 44 valence electrons. The van der Waals surface area contributed by atoms with Gasteiger partial charge < -0.3 is 10.3 Å². The minimum absolute atomic E-state index is 0.0162. The molecule has 3 N–H and O–H groups in total. The molecule has 3 nitrogen and oxygen atoms in total. The van der Waals surface area contributed by atoms with E-state index in [1.807, 2.05) is 0 Å². The zero-order chi connectivity index (χ0) is 5.91. The van der Waals surface area contributed by atoms with Gasteiger partial charge in [0.15, 0.2) is 0 Å². The first-order chi connectivity index (χ1) is 3.06. The van der Waals surface area contributed by atoms with Crippen LogP contribution >= 0.6 is 0 Å². The summed E-state index contributed by atoms with van der Waals surface area (Å²) in [6.07, 6.45) is 0. The Morgan fingerprint density at radius 1 is 1.86 bits per heavy atom. The van der Waals surface area contributed by atoms with E-state index in [1.54, 1.807) is 0 Å². The van der Waals surface area contributed by atoms with Gasteiger partial charge in [0.2, 0.25) is 0 Å². The van der Waals surface area contributed by atoms with Crippen LogP contribution in [0, 0.1) is 0 Å². The SMILES string of the molecule is NCCS(=O)(O)=S. The molecule has 0 aliphatic carbocycles. The molecule has 0 aromatic carbocycles. The lowest BCUT2D eigenvalue weighted by atomic mass is 10.8. The van der Waals surface area contributed by atoms with Crippen molar-refractivity contribution in [3.63, 3.8) is 0 Å². The Hall–Kier alpha value is 0.290. The molecule has 0 radical (unpaired) electrons. The van der Waals surface area contributed by atoms with Crippen molar-refractivity contribution in [1.29, 1.82) is 0 Å². The smallest absolute Gasteiger partial charge is 0.142 e. The molecule has 0 aliphatic heterocycles. The first-order valence-electron chi connectivity index (χ1n) is 1.71.